The number of pyridine rings is 1. The number of hydrogen-bond acceptors (Lipinski definition) is 2. The Labute approximate surface area is 136 Å². The summed E-state index contributed by atoms with van der Waals surface area (Å²) in [5, 5.41) is 2.34. The Morgan fingerprint density at radius 3 is 2.77 bits per heavy atom. The van der Waals surface area contributed by atoms with E-state index in [2.05, 4.69) is 39.1 Å². The van der Waals surface area contributed by atoms with Crippen molar-refractivity contribution in [2.24, 2.45) is 0 Å². The van der Waals surface area contributed by atoms with E-state index in [4.69, 9.17) is 4.74 Å². The molecule has 108 valence electrons. The number of aromatic nitrogens is 2. The third-order valence-corrected chi connectivity index (χ3v) is 4.44. The van der Waals surface area contributed by atoms with E-state index in [0.717, 1.165) is 26.9 Å². The first kappa shape index (κ1) is 13.3. The first-order valence-corrected chi connectivity index (χ1v) is 7.83. The van der Waals surface area contributed by atoms with Gasteiger partial charge in [0.25, 0.3) is 0 Å². The summed E-state index contributed by atoms with van der Waals surface area (Å²) in [5.41, 5.74) is 1.84. The number of hydrogen-bond donors (Lipinski definition) is 0. The summed E-state index contributed by atoms with van der Waals surface area (Å²) in [6, 6.07) is 18.2. The molecule has 22 heavy (non-hydrogen) atoms. The first-order chi connectivity index (χ1) is 10.8. The van der Waals surface area contributed by atoms with E-state index in [1.165, 1.54) is 5.39 Å². The molecule has 0 amide bonds. The monoisotopic (exact) mass is 352 g/mol. The van der Waals surface area contributed by atoms with Gasteiger partial charge in [-0.1, -0.05) is 36.4 Å². The molecule has 0 spiro atoms. The van der Waals surface area contributed by atoms with Crippen LogP contribution in [0.2, 0.25) is 0 Å². The van der Waals surface area contributed by atoms with Crippen molar-refractivity contribution in [3.63, 3.8) is 0 Å². The number of imidazole rings is 1. The number of rotatable bonds is 3. The molecule has 0 radical (unpaired) electrons. The standard InChI is InChI=1S/C18H13BrN2O/c19-18-15-6-2-1-5-13(15)8-9-16(18)22-12-14-11-21-10-4-3-7-17(21)20-14/h1-11H,12H2. The molecule has 0 aliphatic heterocycles. The molecular weight excluding hydrogens is 340 g/mol. The maximum Gasteiger partial charge on any atom is 0.137 e. The highest BCUT2D eigenvalue weighted by Crippen LogP contribution is 2.33. The molecule has 0 fully saturated rings. The lowest BCUT2D eigenvalue weighted by molar-refractivity contribution is 0.300. The molecule has 0 unspecified atom stereocenters. The highest BCUT2D eigenvalue weighted by molar-refractivity contribution is 9.10. The predicted octanol–water partition coefficient (Wildman–Crippen LogP) is 4.83. The van der Waals surface area contributed by atoms with Gasteiger partial charge in [0.2, 0.25) is 0 Å². The fourth-order valence-corrected chi connectivity index (χ4v) is 3.14. The number of ether oxygens (including phenoxy) is 1. The van der Waals surface area contributed by atoms with Gasteiger partial charge in [-0.05, 0) is 44.9 Å². The fourth-order valence-electron chi connectivity index (χ4n) is 2.53. The summed E-state index contributed by atoms with van der Waals surface area (Å²) < 4.78 is 8.91. The van der Waals surface area contributed by atoms with Crippen LogP contribution in [0.15, 0.2) is 71.5 Å². The maximum absolute atomic E-state index is 5.94. The smallest absolute Gasteiger partial charge is 0.137 e. The van der Waals surface area contributed by atoms with E-state index in [9.17, 15) is 0 Å². The van der Waals surface area contributed by atoms with Crippen LogP contribution >= 0.6 is 15.9 Å². The van der Waals surface area contributed by atoms with E-state index in [-0.39, 0.29) is 0 Å². The summed E-state index contributed by atoms with van der Waals surface area (Å²) in [6.45, 7) is 0.443. The summed E-state index contributed by atoms with van der Waals surface area (Å²) in [7, 11) is 0. The Kier molecular flexibility index (Phi) is 3.31. The first-order valence-electron chi connectivity index (χ1n) is 7.04. The molecule has 0 aliphatic rings. The van der Waals surface area contributed by atoms with Crippen LogP contribution in [0.1, 0.15) is 5.69 Å². The van der Waals surface area contributed by atoms with Crippen molar-refractivity contribution >= 4 is 32.3 Å². The van der Waals surface area contributed by atoms with E-state index in [1.54, 1.807) is 0 Å². The highest BCUT2D eigenvalue weighted by atomic mass is 79.9. The van der Waals surface area contributed by atoms with Crippen LogP contribution in [0.5, 0.6) is 5.75 Å². The average molecular weight is 353 g/mol. The predicted molar refractivity (Wildman–Crippen MR) is 91.2 cm³/mol. The zero-order valence-corrected chi connectivity index (χ0v) is 13.3. The minimum absolute atomic E-state index is 0.443. The van der Waals surface area contributed by atoms with Gasteiger partial charge in [0, 0.05) is 12.4 Å². The van der Waals surface area contributed by atoms with Crippen LogP contribution in [0, 0.1) is 0 Å². The van der Waals surface area contributed by atoms with Crippen LogP contribution in [0.4, 0.5) is 0 Å². The van der Waals surface area contributed by atoms with Crippen molar-refractivity contribution in [3.05, 3.63) is 77.2 Å². The van der Waals surface area contributed by atoms with E-state index in [0.29, 0.717) is 6.61 Å². The Hall–Kier alpha value is -2.33. The fraction of sp³-hybridized carbons (Fsp3) is 0.0556. The molecule has 2 aromatic carbocycles. The molecule has 2 heterocycles. The van der Waals surface area contributed by atoms with Gasteiger partial charge in [-0.3, -0.25) is 0 Å². The molecule has 4 aromatic rings. The second-order valence-corrected chi connectivity index (χ2v) is 5.88. The number of benzene rings is 2. The molecule has 4 heteroatoms. The molecule has 4 rings (SSSR count). The molecule has 0 bridgehead atoms. The topological polar surface area (TPSA) is 26.5 Å². The van der Waals surface area contributed by atoms with Gasteiger partial charge in [-0.15, -0.1) is 0 Å². The SMILES string of the molecule is Brc1c(OCc2cn3ccccc3n2)ccc2ccccc12. The highest BCUT2D eigenvalue weighted by Gasteiger charge is 2.07. The van der Waals surface area contributed by atoms with Gasteiger partial charge in [0.15, 0.2) is 0 Å². The van der Waals surface area contributed by atoms with Gasteiger partial charge >= 0.3 is 0 Å². The molecule has 2 aromatic heterocycles. The van der Waals surface area contributed by atoms with E-state index in [1.807, 2.05) is 53.2 Å². The van der Waals surface area contributed by atoms with Gasteiger partial charge in [0.1, 0.15) is 18.0 Å². The largest absolute Gasteiger partial charge is 0.486 e. The molecule has 0 aliphatic carbocycles. The molecule has 3 nitrogen and oxygen atoms in total. The normalized spacial score (nSPS) is 11.1. The van der Waals surface area contributed by atoms with Gasteiger partial charge in [-0.25, -0.2) is 4.98 Å². The Balaban J connectivity index is 1.62. The lowest BCUT2D eigenvalue weighted by atomic mass is 10.1. The van der Waals surface area contributed by atoms with E-state index >= 15 is 0 Å². The number of halogens is 1. The Bertz CT molecular complexity index is 929. The Morgan fingerprint density at radius 1 is 1.00 bits per heavy atom. The van der Waals surface area contributed by atoms with Gasteiger partial charge in [-0.2, -0.15) is 0 Å². The van der Waals surface area contributed by atoms with Crippen LogP contribution in [0.3, 0.4) is 0 Å². The van der Waals surface area contributed by atoms with Crippen molar-refractivity contribution < 1.29 is 4.74 Å². The lowest BCUT2D eigenvalue weighted by Crippen LogP contribution is -1.96. The lowest BCUT2D eigenvalue weighted by Gasteiger charge is -2.09. The van der Waals surface area contributed by atoms with E-state index < -0.39 is 0 Å². The van der Waals surface area contributed by atoms with Crippen molar-refractivity contribution in [2.75, 3.05) is 0 Å². The average Bonchev–Trinajstić information content (AvgIpc) is 2.97. The molecule has 0 atom stereocenters. The number of nitrogens with zero attached hydrogens (tertiary/aromatic N) is 2. The van der Waals surface area contributed by atoms with Crippen LogP contribution in [-0.2, 0) is 6.61 Å². The van der Waals surface area contributed by atoms with Gasteiger partial charge in [0.05, 0.1) is 10.2 Å². The minimum Gasteiger partial charge on any atom is -0.486 e. The summed E-state index contributed by atoms with van der Waals surface area (Å²) in [6.07, 6.45) is 3.97. The zero-order chi connectivity index (χ0) is 14.9. The molecule has 0 saturated carbocycles. The van der Waals surface area contributed by atoms with Crippen molar-refractivity contribution in [1.82, 2.24) is 9.38 Å². The summed E-state index contributed by atoms with van der Waals surface area (Å²) in [4.78, 5) is 4.54. The van der Waals surface area contributed by atoms with Crippen molar-refractivity contribution in [3.8, 4) is 5.75 Å². The third-order valence-electron chi connectivity index (χ3n) is 3.62. The summed E-state index contributed by atoms with van der Waals surface area (Å²) >= 11 is 3.64. The van der Waals surface area contributed by atoms with Crippen LogP contribution in [-0.4, -0.2) is 9.38 Å². The van der Waals surface area contributed by atoms with Crippen LogP contribution < -0.4 is 4.74 Å². The third kappa shape index (κ3) is 2.35. The molecule has 0 N–H and O–H groups in total. The molecule has 0 saturated heterocycles. The minimum atomic E-state index is 0.443. The van der Waals surface area contributed by atoms with Crippen LogP contribution in [0.25, 0.3) is 16.4 Å². The number of fused-ring (bicyclic) bond motifs is 2. The quantitative estimate of drug-likeness (QED) is 0.527. The Morgan fingerprint density at radius 2 is 1.86 bits per heavy atom. The van der Waals surface area contributed by atoms with Crippen molar-refractivity contribution in [1.29, 1.82) is 0 Å². The maximum atomic E-state index is 5.94. The molecular formula is C18H13BrN2O. The summed E-state index contributed by atoms with van der Waals surface area (Å²) in [5.74, 6) is 0.829. The van der Waals surface area contributed by atoms with Gasteiger partial charge < -0.3 is 9.14 Å². The second-order valence-electron chi connectivity index (χ2n) is 5.09. The van der Waals surface area contributed by atoms with Crippen molar-refractivity contribution in [2.45, 2.75) is 6.61 Å². The zero-order valence-electron chi connectivity index (χ0n) is 11.7. The second kappa shape index (κ2) is 5.46.